The van der Waals surface area contributed by atoms with E-state index in [-0.39, 0.29) is 21.4 Å². The Hall–Kier alpha value is -2.26. The van der Waals surface area contributed by atoms with E-state index in [4.69, 9.17) is 21.1 Å². The van der Waals surface area contributed by atoms with Crippen LogP contribution in [0.3, 0.4) is 0 Å². The third kappa shape index (κ3) is 4.89. The van der Waals surface area contributed by atoms with E-state index in [1.165, 1.54) is 12.1 Å². The number of hydrogen-bond acceptors (Lipinski definition) is 5. The molecule has 0 saturated carbocycles. The minimum atomic E-state index is -4.64. The highest BCUT2D eigenvalue weighted by Gasteiger charge is 2.32. The lowest BCUT2D eigenvalue weighted by molar-refractivity contribution is -0.137. The third-order valence-corrected chi connectivity index (χ3v) is 4.48. The Kier molecular flexibility index (Phi) is 5.52. The predicted molar refractivity (Wildman–Crippen MR) is 87.4 cm³/mol. The van der Waals surface area contributed by atoms with E-state index in [1.807, 2.05) is 0 Å². The molecule has 0 heterocycles. The molecule has 0 aliphatic rings. The highest BCUT2D eigenvalue weighted by Crippen LogP contribution is 2.40. The normalized spacial score (nSPS) is 11.9. The largest absolute Gasteiger partial charge is 0.452 e. The van der Waals surface area contributed by atoms with Crippen LogP contribution < -0.4 is 9.47 Å². The molecule has 5 nitrogen and oxygen atoms in total. The topological polar surface area (TPSA) is 69.7 Å². The minimum Gasteiger partial charge on any atom is -0.452 e. The molecule has 0 aromatic heterocycles. The third-order valence-electron chi connectivity index (χ3n) is 3.08. The van der Waals surface area contributed by atoms with E-state index < -0.39 is 33.3 Å². The number of alkyl halides is 3. The van der Waals surface area contributed by atoms with Gasteiger partial charge in [0.15, 0.2) is 21.3 Å². The van der Waals surface area contributed by atoms with Gasteiger partial charge in [-0.05, 0) is 36.4 Å². The van der Waals surface area contributed by atoms with Gasteiger partial charge in [0.1, 0.15) is 5.75 Å². The van der Waals surface area contributed by atoms with Crippen LogP contribution in [0.15, 0.2) is 41.3 Å². The van der Waals surface area contributed by atoms with Crippen molar-refractivity contribution in [2.75, 3.05) is 6.26 Å². The summed E-state index contributed by atoms with van der Waals surface area (Å²) >= 11 is 5.95. The Morgan fingerprint density at radius 2 is 1.65 bits per heavy atom. The van der Waals surface area contributed by atoms with Crippen LogP contribution in [0.25, 0.3) is 0 Å². The van der Waals surface area contributed by atoms with Crippen LogP contribution in [0.2, 0.25) is 5.02 Å². The van der Waals surface area contributed by atoms with E-state index in [0.717, 1.165) is 31.4 Å². The van der Waals surface area contributed by atoms with Crippen LogP contribution >= 0.6 is 11.6 Å². The average Bonchev–Trinajstić information content (AvgIpc) is 2.48. The van der Waals surface area contributed by atoms with Gasteiger partial charge in [0.25, 0.3) is 0 Å². The molecule has 26 heavy (non-hydrogen) atoms. The number of carbonyl (C=O) groups excluding carboxylic acids is 1. The van der Waals surface area contributed by atoms with Crippen LogP contribution in [0.4, 0.5) is 13.2 Å². The Labute approximate surface area is 152 Å². The van der Waals surface area contributed by atoms with Gasteiger partial charge in [-0.15, -0.1) is 0 Å². The van der Waals surface area contributed by atoms with E-state index in [1.54, 1.807) is 0 Å². The lowest BCUT2D eigenvalue weighted by Gasteiger charge is -2.15. The first-order valence-corrected chi connectivity index (χ1v) is 9.22. The fourth-order valence-electron chi connectivity index (χ4n) is 1.92. The van der Waals surface area contributed by atoms with Crippen molar-refractivity contribution in [2.24, 2.45) is 0 Å². The van der Waals surface area contributed by atoms with Gasteiger partial charge in [0, 0.05) is 13.2 Å². The maximum Gasteiger partial charge on any atom is 0.416 e. The number of halogens is 4. The number of carbonyl (C=O) groups is 1. The monoisotopic (exact) mass is 408 g/mol. The summed E-state index contributed by atoms with van der Waals surface area (Å²) in [4.78, 5) is 11.0. The second-order valence-corrected chi connectivity index (χ2v) is 7.64. The summed E-state index contributed by atoms with van der Waals surface area (Å²) in [6, 6.07) is 5.81. The lowest BCUT2D eigenvalue weighted by atomic mass is 10.2. The molecule has 2 rings (SSSR count). The Morgan fingerprint density at radius 1 is 1.04 bits per heavy atom. The van der Waals surface area contributed by atoms with Crippen molar-refractivity contribution in [3.05, 3.63) is 47.0 Å². The molecule has 0 N–H and O–H groups in total. The lowest BCUT2D eigenvalue weighted by Crippen LogP contribution is -2.07. The summed E-state index contributed by atoms with van der Waals surface area (Å²) in [6.45, 7) is 1.08. The zero-order valence-electron chi connectivity index (χ0n) is 13.4. The molecule has 0 unspecified atom stereocenters. The SMILES string of the molecule is CC(=O)Oc1ccc(C(F)(F)F)cc1Oc1ccc(S(C)(=O)=O)cc1Cl. The van der Waals surface area contributed by atoms with Gasteiger partial charge < -0.3 is 9.47 Å². The molecule has 0 radical (unpaired) electrons. The molecule has 0 bridgehead atoms. The number of sulfone groups is 1. The van der Waals surface area contributed by atoms with Gasteiger partial charge >= 0.3 is 12.1 Å². The average molecular weight is 409 g/mol. The maximum atomic E-state index is 12.9. The Morgan fingerprint density at radius 3 is 2.15 bits per heavy atom. The van der Waals surface area contributed by atoms with E-state index in [0.29, 0.717) is 6.07 Å². The maximum absolute atomic E-state index is 12.9. The fourth-order valence-corrected chi connectivity index (χ4v) is 2.85. The van der Waals surface area contributed by atoms with Gasteiger partial charge in [-0.1, -0.05) is 11.6 Å². The first-order valence-electron chi connectivity index (χ1n) is 6.95. The molecule has 0 fully saturated rings. The molecule has 2 aromatic carbocycles. The van der Waals surface area contributed by atoms with Crippen LogP contribution in [0, 0.1) is 0 Å². The quantitative estimate of drug-likeness (QED) is 0.551. The molecule has 0 spiro atoms. The van der Waals surface area contributed by atoms with Crippen molar-refractivity contribution < 1.29 is 35.9 Å². The summed E-state index contributed by atoms with van der Waals surface area (Å²) in [6.07, 6.45) is -3.67. The molecule has 10 heteroatoms. The van der Waals surface area contributed by atoms with Crippen molar-refractivity contribution in [3.63, 3.8) is 0 Å². The smallest absolute Gasteiger partial charge is 0.416 e. The van der Waals surface area contributed by atoms with Crippen LogP contribution in [-0.4, -0.2) is 20.6 Å². The standard InChI is InChI=1S/C16H12ClF3O5S/c1-9(21)24-14-5-3-10(16(18,19)20)7-15(14)25-13-6-4-11(8-12(13)17)26(2,22)23/h3-8H,1-2H3. The number of benzene rings is 2. The van der Waals surface area contributed by atoms with E-state index in [9.17, 15) is 26.4 Å². The molecule has 2 aromatic rings. The van der Waals surface area contributed by atoms with Crippen LogP contribution in [0.5, 0.6) is 17.2 Å². The minimum absolute atomic E-state index is 0.0842. The molecular formula is C16H12ClF3O5S. The Balaban J connectivity index is 2.48. The Bertz CT molecular complexity index is 955. The summed E-state index contributed by atoms with van der Waals surface area (Å²) < 4.78 is 71.9. The second-order valence-electron chi connectivity index (χ2n) is 5.22. The number of esters is 1. The van der Waals surface area contributed by atoms with Gasteiger partial charge in [0.2, 0.25) is 0 Å². The number of hydrogen-bond donors (Lipinski definition) is 0. The van der Waals surface area contributed by atoms with Crippen molar-refractivity contribution in [3.8, 4) is 17.2 Å². The molecule has 140 valence electrons. The molecule has 0 aliphatic heterocycles. The zero-order valence-corrected chi connectivity index (χ0v) is 15.0. The summed E-state index contributed by atoms with van der Waals surface area (Å²) in [7, 11) is -3.52. The fraction of sp³-hybridized carbons (Fsp3) is 0.188. The molecular weight excluding hydrogens is 397 g/mol. The van der Waals surface area contributed by atoms with Crippen molar-refractivity contribution in [1.82, 2.24) is 0 Å². The molecule has 0 aliphatic carbocycles. The van der Waals surface area contributed by atoms with Crippen LogP contribution in [0.1, 0.15) is 12.5 Å². The van der Waals surface area contributed by atoms with E-state index in [2.05, 4.69) is 0 Å². The summed E-state index contributed by atoms with van der Waals surface area (Å²) in [5.74, 6) is -1.50. The summed E-state index contributed by atoms with van der Waals surface area (Å²) in [5.41, 5.74) is -1.02. The van der Waals surface area contributed by atoms with Gasteiger partial charge in [-0.25, -0.2) is 8.42 Å². The second kappa shape index (κ2) is 7.16. The van der Waals surface area contributed by atoms with Crippen LogP contribution in [-0.2, 0) is 20.8 Å². The molecule has 0 saturated heterocycles. The highest BCUT2D eigenvalue weighted by molar-refractivity contribution is 7.90. The number of rotatable bonds is 4. The highest BCUT2D eigenvalue weighted by atomic mass is 35.5. The zero-order chi connectivity index (χ0) is 19.7. The van der Waals surface area contributed by atoms with Gasteiger partial charge in [0.05, 0.1) is 15.5 Å². The van der Waals surface area contributed by atoms with Gasteiger partial charge in [-0.2, -0.15) is 13.2 Å². The van der Waals surface area contributed by atoms with Crippen molar-refractivity contribution in [1.29, 1.82) is 0 Å². The number of ether oxygens (including phenoxy) is 2. The van der Waals surface area contributed by atoms with E-state index >= 15 is 0 Å². The molecule has 0 amide bonds. The van der Waals surface area contributed by atoms with Gasteiger partial charge in [-0.3, -0.25) is 4.79 Å². The van der Waals surface area contributed by atoms with Crippen molar-refractivity contribution >= 4 is 27.4 Å². The summed E-state index contributed by atoms with van der Waals surface area (Å²) in [5, 5.41) is -0.140. The first-order chi connectivity index (χ1) is 11.9. The first kappa shape index (κ1) is 20.1. The predicted octanol–water partition coefficient (Wildman–Crippen LogP) is 4.48. The van der Waals surface area contributed by atoms with Crippen molar-refractivity contribution in [2.45, 2.75) is 18.0 Å². The molecule has 0 atom stereocenters.